The number of H-pyrrole nitrogens is 1. The molecule has 0 saturated carbocycles. The normalized spacial score (nSPS) is 11.2. The van der Waals surface area contributed by atoms with Crippen LogP contribution in [0.4, 0.5) is 0 Å². The lowest BCUT2D eigenvalue weighted by Gasteiger charge is -1.99. The number of hydrogen-bond acceptors (Lipinski definition) is 3. The predicted molar refractivity (Wildman–Crippen MR) is 74.6 cm³/mol. The van der Waals surface area contributed by atoms with Crippen LogP contribution in [0, 0.1) is 0 Å². The fourth-order valence-electron chi connectivity index (χ4n) is 2.18. The lowest BCUT2D eigenvalue weighted by Crippen LogP contribution is -1.84. The molecule has 0 aliphatic carbocycles. The van der Waals surface area contributed by atoms with E-state index in [1.165, 1.54) is 0 Å². The van der Waals surface area contributed by atoms with E-state index in [0.29, 0.717) is 0 Å². The maximum atomic E-state index is 4.48. The predicted octanol–water partition coefficient (Wildman–Crippen LogP) is 3.17. The molecule has 0 fully saturated rings. The van der Waals surface area contributed by atoms with Crippen molar-refractivity contribution in [3.63, 3.8) is 0 Å². The molecule has 0 unspecified atom stereocenters. The van der Waals surface area contributed by atoms with Gasteiger partial charge in [-0.15, -0.1) is 0 Å². The summed E-state index contributed by atoms with van der Waals surface area (Å²) in [5, 5.41) is 1.11. The van der Waals surface area contributed by atoms with Crippen LogP contribution in [0.5, 0.6) is 0 Å². The van der Waals surface area contributed by atoms with E-state index in [-0.39, 0.29) is 0 Å². The van der Waals surface area contributed by atoms with Crippen molar-refractivity contribution in [3.05, 3.63) is 54.9 Å². The number of aromatic nitrogens is 4. The van der Waals surface area contributed by atoms with Gasteiger partial charge in [-0.05, 0) is 24.3 Å². The number of nitrogens with one attached hydrogen (secondary N) is 1. The number of pyridine rings is 2. The third kappa shape index (κ3) is 1.65. The molecular formula is C15H10N4. The van der Waals surface area contributed by atoms with Gasteiger partial charge in [-0.25, -0.2) is 9.97 Å². The van der Waals surface area contributed by atoms with Crippen molar-refractivity contribution >= 4 is 22.1 Å². The molecule has 0 aliphatic rings. The minimum Gasteiger partial charge on any atom is -0.337 e. The van der Waals surface area contributed by atoms with Crippen LogP contribution in [0.3, 0.4) is 0 Å². The summed E-state index contributed by atoms with van der Waals surface area (Å²) in [6.45, 7) is 0. The van der Waals surface area contributed by atoms with E-state index in [1.54, 1.807) is 6.20 Å². The molecule has 4 heteroatoms. The second kappa shape index (κ2) is 3.88. The Hall–Kier alpha value is -2.75. The molecular weight excluding hydrogens is 236 g/mol. The first kappa shape index (κ1) is 10.2. The van der Waals surface area contributed by atoms with Crippen LogP contribution < -0.4 is 0 Å². The first-order valence-corrected chi connectivity index (χ1v) is 6.06. The van der Waals surface area contributed by atoms with E-state index in [2.05, 4.69) is 26.0 Å². The number of imidazole rings is 1. The highest BCUT2D eigenvalue weighted by atomic mass is 15.0. The molecule has 0 atom stereocenters. The Morgan fingerprint density at radius 1 is 0.947 bits per heavy atom. The van der Waals surface area contributed by atoms with E-state index in [9.17, 15) is 0 Å². The number of aromatic amines is 1. The van der Waals surface area contributed by atoms with Crippen LogP contribution in [-0.4, -0.2) is 19.9 Å². The van der Waals surface area contributed by atoms with E-state index < -0.39 is 0 Å². The first-order valence-electron chi connectivity index (χ1n) is 6.06. The molecule has 0 radical (unpaired) electrons. The molecule has 0 aliphatic heterocycles. The largest absolute Gasteiger partial charge is 0.337 e. The van der Waals surface area contributed by atoms with E-state index in [4.69, 9.17) is 0 Å². The van der Waals surface area contributed by atoms with Crippen molar-refractivity contribution in [2.75, 3.05) is 0 Å². The Morgan fingerprint density at radius 3 is 2.84 bits per heavy atom. The quantitative estimate of drug-likeness (QED) is 0.561. The minimum atomic E-state index is 0.727. The Morgan fingerprint density at radius 2 is 1.89 bits per heavy atom. The molecule has 4 aromatic rings. The molecule has 1 N–H and O–H groups in total. The fourth-order valence-corrected chi connectivity index (χ4v) is 2.18. The lowest BCUT2D eigenvalue weighted by molar-refractivity contribution is 1.28. The molecule has 90 valence electrons. The van der Waals surface area contributed by atoms with Crippen molar-refractivity contribution in [2.24, 2.45) is 0 Å². The van der Waals surface area contributed by atoms with Gasteiger partial charge < -0.3 is 4.98 Å². The van der Waals surface area contributed by atoms with Gasteiger partial charge in [-0.1, -0.05) is 18.2 Å². The minimum absolute atomic E-state index is 0.727. The third-order valence-corrected chi connectivity index (χ3v) is 3.12. The molecule has 0 bridgehead atoms. The third-order valence-electron chi connectivity index (χ3n) is 3.12. The SMILES string of the molecule is c1ccc2ncc(-c3nc4ncccc4[nH]3)cc2c1. The second-order valence-corrected chi connectivity index (χ2v) is 4.38. The molecule has 1 aromatic carbocycles. The van der Waals surface area contributed by atoms with Gasteiger partial charge in [-0.2, -0.15) is 0 Å². The van der Waals surface area contributed by atoms with E-state index in [1.807, 2.05) is 42.6 Å². The monoisotopic (exact) mass is 246 g/mol. The van der Waals surface area contributed by atoms with Crippen molar-refractivity contribution in [1.82, 2.24) is 19.9 Å². The van der Waals surface area contributed by atoms with Crippen molar-refractivity contribution in [1.29, 1.82) is 0 Å². The summed E-state index contributed by atoms with van der Waals surface area (Å²) >= 11 is 0. The summed E-state index contributed by atoms with van der Waals surface area (Å²) in [5.74, 6) is 0.798. The van der Waals surface area contributed by atoms with Gasteiger partial charge in [0, 0.05) is 23.3 Å². The molecule has 0 amide bonds. The van der Waals surface area contributed by atoms with Crippen LogP contribution in [0.1, 0.15) is 0 Å². The average Bonchev–Trinajstić information content (AvgIpc) is 2.90. The summed E-state index contributed by atoms with van der Waals surface area (Å²) in [6, 6.07) is 14.0. The van der Waals surface area contributed by atoms with Crippen LogP contribution in [-0.2, 0) is 0 Å². The zero-order valence-corrected chi connectivity index (χ0v) is 10.0. The lowest BCUT2D eigenvalue weighted by atomic mass is 10.1. The zero-order chi connectivity index (χ0) is 12.7. The van der Waals surface area contributed by atoms with Gasteiger partial charge in [-0.3, -0.25) is 4.98 Å². The number of nitrogens with zero attached hydrogens (tertiary/aromatic N) is 3. The number of hydrogen-bond donors (Lipinski definition) is 1. The maximum absolute atomic E-state index is 4.48. The van der Waals surface area contributed by atoms with Crippen LogP contribution in [0.15, 0.2) is 54.9 Å². The highest BCUT2D eigenvalue weighted by molar-refractivity contribution is 5.83. The first-order chi connectivity index (χ1) is 9.40. The van der Waals surface area contributed by atoms with Gasteiger partial charge in [0.15, 0.2) is 5.65 Å². The van der Waals surface area contributed by atoms with Crippen molar-refractivity contribution < 1.29 is 0 Å². The van der Waals surface area contributed by atoms with Crippen LogP contribution in [0.2, 0.25) is 0 Å². The molecule has 3 heterocycles. The summed E-state index contributed by atoms with van der Waals surface area (Å²) < 4.78 is 0. The molecule has 0 spiro atoms. The van der Waals surface area contributed by atoms with Crippen molar-refractivity contribution in [2.45, 2.75) is 0 Å². The van der Waals surface area contributed by atoms with E-state index >= 15 is 0 Å². The Bertz CT molecular complexity index is 846. The molecule has 4 nitrogen and oxygen atoms in total. The highest BCUT2D eigenvalue weighted by Crippen LogP contribution is 2.22. The summed E-state index contributed by atoms with van der Waals surface area (Å²) in [5.41, 5.74) is 3.62. The number of rotatable bonds is 1. The topological polar surface area (TPSA) is 54.5 Å². The fraction of sp³-hybridized carbons (Fsp3) is 0. The molecule has 0 saturated heterocycles. The molecule has 3 aromatic heterocycles. The highest BCUT2D eigenvalue weighted by Gasteiger charge is 2.06. The van der Waals surface area contributed by atoms with Gasteiger partial charge >= 0.3 is 0 Å². The van der Waals surface area contributed by atoms with E-state index in [0.717, 1.165) is 33.5 Å². The standard InChI is InChI=1S/C15H10N4/c1-2-5-12-10(4-1)8-11(9-17-12)14-18-13-6-3-7-16-15(13)19-14/h1-9H,(H,16,18,19). The second-order valence-electron chi connectivity index (χ2n) is 4.38. The number of benzene rings is 1. The summed E-state index contributed by atoms with van der Waals surface area (Å²) in [4.78, 5) is 16.4. The Balaban J connectivity index is 1.93. The zero-order valence-electron chi connectivity index (χ0n) is 10.0. The maximum Gasteiger partial charge on any atom is 0.178 e. The Kier molecular flexibility index (Phi) is 2.08. The van der Waals surface area contributed by atoms with Crippen molar-refractivity contribution in [3.8, 4) is 11.4 Å². The number of fused-ring (bicyclic) bond motifs is 2. The van der Waals surface area contributed by atoms with Gasteiger partial charge in [0.05, 0.1) is 11.0 Å². The number of para-hydroxylation sites is 1. The smallest absolute Gasteiger partial charge is 0.178 e. The van der Waals surface area contributed by atoms with Crippen LogP contribution in [0.25, 0.3) is 33.5 Å². The summed E-state index contributed by atoms with van der Waals surface area (Å²) in [7, 11) is 0. The Labute approximate surface area is 109 Å². The van der Waals surface area contributed by atoms with Gasteiger partial charge in [0.1, 0.15) is 5.82 Å². The summed E-state index contributed by atoms with van der Waals surface area (Å²) in [6.07, 6.45) is 3.58. The molecule has 19 heavy (non-hydrogen) atoms. The van der Waals surface area contributed by atoms with Gasteiger partial charge in [0.2, 0.25) is 0 Å². The van der Waals surface area contributed by atoms with Gasteiger partial charge in [0.25, 0.3) is 0 Å². The van der Waals surface area contributed by atoms with Crippen LogP contribution >= 0.6 is 0 Å². The average molecular weight is 246 g/mol. The molecule has 4 rings (SSSR count).